The summed E-state index contributed by atoms with van der Waals surface area (Å²) < 4.78 is 5.16. The van der Waals surface area contributed by atoms with Gasteiger partial charge in [0.1, 0.15) is 5.54 Å². The number of carbonyl (C=O) groups is 2. The maximum Gasteiger partial charge on any atom is 0.339 e. The van der Waals surface area contributed by atoms with Crippen LogP contribution in [-0.4, -0.2) is 23.5 Å². The number of amides is 1. The predicted molar refractivity (Wildman–Crippen MR) is 90.9 cm³/mol. The number of hydrogen-bond donors (Lipinski definition) is 1. The summed E-state index contributed by atoms with van der Waals surface area (Å²) in [4.78, 5) is 24.4. The van der Waals surface area contributed by atoms with Gasteiger partial charge in [0.25, 0.3) is 5.91 Å². The van der Waals surface area contributed by atoms with Gasteiger partial charge in [-0.1, -0.05) is 42.5 Å². The number of rotatable bonds is 4. The summed E-state index contributed by atoms with van der Waals surface area (Å²) in [5.74, 6) is -1.18. The Labute approximate surface area is 150 Å². The standard InChI is InChI=1S/C17H18Cl2N2O3/c1-11(15(22)21-17(10-20)5-3-2-4-6-17)24-16(23)12-7-13(18)9-14(19)8-12/h7-9,11H,2-6H2,1H3,(H,21,22)/t11-/m0/s1. The van der Waals surface area contributed by atoms with Crippen LogP contribution in [0.2, 0.25) is 10.0 Å². The van der Waals surface area contributed by atoms with E-state index in [1.807, 2.05) is 0 Å². The van der Waals surface area contributed by atoms with Crippen LogP contribution in [0.5, 0.6) is 0 Å². The van der Waals surface area contributed by atoms with E-state index in [-0.39, 0.29) is 5.56 Å². The third kappa shape index (κ3) is 4.62. The van der Waals surface area contributed by atoms with Crippen LogP contribution in [0.3, 0.4) is 0 Å². The van der Waals surface area contributed by atoms with Gasteiger partial charge in [-0.25, -0.2) is 4.79 Å². The second kappa shape index (κ2) is 7.87. The Balaban J connectivity index is 2.00. The quantitative estimate of drug-likeness (QED) is 0.817. The molecule has 0 aromatic heterocycles. The Morgan fingerprint density at radius 2 is 1.79 bits per heavy atom. The van der Waals surface area contributed by atoms with Crippen molar-refractivity contribution >= 4 is 35.1 Å². The van der Waals surface area contributed by atoms with E-state index in [2.05, 4.69) is 11.4 Å². The number of hydrogen-bond acceptors (Lipinski definition) is 4. The second-order valence-electron chi connectivity index (χ2n) is 5.95. The summed E-state index contributed by atoms with van der Waals surface area (Å²) in [5, 5.41) is 12.7. The summed E-state index contributed by atoms with van der Waals surface area (Å²) in [6.07, 6.45) is 3.03. The molecule has 1 aromatic carbocycles. The number of nitriles is 1. The molecule has 0 saturated heterocycles. The van der Waals surface area contributed by atoms with E-state index in [0.29, 0.717) is 22.9 Å². The highest BCUT2D eigenvalue weighted by atomic mass is 35.5. The zero-order chi connectivity index (χ0) is 17.7. The van der Waals surface area contributed by atoms with Gasteiger partial charge in [-0.15, -0.1) is 0 Å². The Kier molecular flexibility index (Phi) is 6.09. The van der Waals surface area contributed by atoms with Crippen molar-refractivity contribution in [3.8, 4) is 6.07 Å². The van der Waals surface area contributed by atoms with Crippen molar-refractivity contribution in [3.63, 3.8) is 0 Å². The highest BCUT2D eigenvalue weighted by molar-refractivity contribution is 6.35. The van der Waals surface area contributed by atoms with Gasteiger partial charge in [0, 0.05) is 10.0 Å². The van der Waals surface area contributed by atoms with Gasteiger partial charge in [-0.05, 0) is 38.0 Å². The number of ether oxygens (including phenoxy) is 1. The highest BCUT2D eigenvalue weighted by Crippen LogP contribution is 2.27. The summed E-state index contributed by atoms with van der Waals surface area (Å²) in [6, 6.07) is 6.52. The molecular weight excluding hydrogens is 351 g/mol. The molecule has 1 N–H and O–H groups in total. The van der Waals surface area contributed by atoms with Crippen LogP contribution in [0.15, 0.2) is 18.2 Å². The summed E-state index contributed by atoms with van der Waals surface area (Å²) >= 11 is 11.7. The van der Waals surface area contributed by atoms with Gasteiger partial charge >= 0.3 is 5.97 Å². The van der Waals surface area contributed by atoms with Crippen molar-refractivity contribution in [2.24, 2.45) is 0 Å². The molecule has 1 fully saturated rings. The molecule has 0 heterocycles. The molecule has 1 atom stereocenters. The average Bonchev–Trinajstić information content (AvgIpc) is 2.54. The third-order valence-corrected chi connectivity index (χ3v) is 4.47. The SMILES string of the molecule is C[C@H](OC(=O)c1cc(Cl)cc(Cl)c1)C(=O)NC1(C#N)CCCCC1. The molecular formula is C17H18Cl2N2O3. The minimum Gasteiger partial charge on any atom is -0.449 e. The first-order valence-electron chi connectivity index (χ1n) is 7.75. The van der Waals surface area contributed by atoms with E-state index in [1.165, 1.54) is 25.1 Å². The van der Waals surface area contributed by atoms with Gasteiger partial charge in [0.15, 0.2) is 6.10 Å². The van der Waals surface area contributed by atoms with E-state index in [9.17, 15) is 14.9 Å². The number of halogens is 2. The van der Waals surface area contributed by atoms with Crippen molar-refractivity contribution in [2.45, 2.75) is 50.7 Å². The number of benzene rings is 1. The second-order valence-corrected chi connectivity index (χ2v) is 6.82. The highest BCUT2D eigenvalue weighted by Gasteiger charge is 2.35. The van der Waals surface area contributed by atoms with Crippen LogP contribution < -0.4 is 5.32 Å². The molecule has 2 rings (SSSR count). The summed E-state index contributed by atoms with van der Waals surface area (Å²) in [7, 11) is 0. The summed E-state index contributed by atoms with van der Waals surface area (Å²) in [6.45, 7) is 1.47. The topological polar surface area (TPSA) is 79.2 Å². The van der Waals surface area contributed by atoms with Crippen LogP contribution in [-0.2, 0) is 9.53 Å². The molecule has 7 heteroatoms. The minimum atomic E-state index is -1.03. The monoisotopic (exact) mass is 368 g/mol. The van der Waals surface area contributed by atoms with E-state index in [0.717, 1.165) is 19.3 Å². The lowest BCUT2D eigenvalue weighted by Crippen LogP contribution is -2.52. The van der Waals surface area contributed by atoms with Crippen LogP contribution in [0, 0.1) is 11.3 Å². The fourth-order valence-corrected chi connectivity index (χ4v) is 3.24. The largest absolute Gasteiger partial charge is 0.449 e. The lowest BCUT2D eigenvalue weighted by Gasteiger charge is -2.32. The minimum absolute atomic E-state index is 0.166. The molecule has 0 unspecified atom stereocenters. The van der Waals surface area contributed by atoms with E-state index < -0.39 is 23.5 Å². The zero-order valence-corrected chi connectivity index (χ0v) is 14.8. The first-order valence-corrected chi connectivity index (χ1v) is 8.51. The maximum atomic E-state index is 12.3. The molecule has 128 valence electrons. The zero-order valence-electron chi connectivity index (χ0n) is 13.3. The Morgan fingerprint density at radius 3 is 2.33 bits per heavy atom. The normalized spacial score (nSPS) is 17.4. The van der Waals surface area contributed by atoms with Gasteiger partial charge in [-0.3, -0.25) is 4.79 Å². The Hall–Kier alpha value is -1.77. The molecule has 1 aliphatic rings. The average molecular weight is 369 g/mol. The molecule has 1 aromatic rings. The van der Waals surface area contributed by atoms with Crippen molar-refractivity contribution < 1.29 is 14.3 Å². The first-order chi connectivity index (χ1) is 11.3. The maximum absolute atomic E-state index is 12.3. The molecule has 24 heavy (non-hydrogen) atoms. The van der Waals surface area contributed by atoms with Crippen molar-refractivity contribution in [1.29, 1.82) is 5.26 Å². The molecule has 1 saturated carbocycles. The molecule has 1 aliphatic carbocycles. The molecule has 5 nitrogen and oxygen atoms in total. The van der Waals surface area contributed by atoms with Crippen LogP contribution in [0.1, 0.15) is 49.4 Å². The fourth-order valence-electron chi connectivity index (χ4n) is 2.71. The first kappa shape index (κ1) is 18.6. The molecule has 0 aliphatic heterocycles. The van der Waals surface area contributed by atoms with E-state index in [1.54, 1.807) is 0 Å². The van der Waals surface area contributed by atoms with Gasteiger partial charge < -0.3 is 10.1 Å². The number of esters is 1. The molecule has 0 spiro atoms. The van der Waals surface area contributed by atoms with Crippen LogP contribution in [0.4, 0.5) is 0 Å². The predicted octanol–water partition coefficient (Wildman–Crippen LogP) is 3.88. The number of nitrogens with one attached hydrogen (secondary N) is 1. The Bertz CT molecular complexity index is 659. The van der Waals surface area contributed by atoms with Crippen molar-refractivity contribution in [2.75, 3.05) is 0 Å². The van der Waals surface area contributed by atoms with Crippen LogP contribution in [0.25, 0.3) is 0 Å². The molecule has 0 radical (unpaired) electrons. The smallest absolute Gasteiger partial charge is 0.339 e. The van der Waals surface area contributed by atoms with Gasteiger partial charge in [0.2, 0.25) is 0 Å². The van der Waals surface area contributed by atoms with Crippen LogP contribution >= 0.6 is 23.2 Å². The van der Waals surface area contributed by atoms with E-state index >= 15 is 0 Å². The lowest BCUT2D eigenvalue weighted by atomic mass is 9.83. The fraction of sp³-hybridized carbons (Fsp3) is 0.471. The van der Waals surface area contributed by atoms with Crippen molar-refractivity contribution in [3.05, 3.63) is 33.8 Å². The van der Waals surface area contributed by atoms with Crippen molar-refractivity contribution in [1.82, 2.24) is 5.32 Å². The Morgan fingerprint density at radius 1 is 1.21 bits per heavy atom. The van der Waals surface area contributed by atoms with Gasteiger partial charge in [0.05, 0.1) is 11.6 Å². The molecule has 0 bridgehead atoms. The number of nitrogens with zero attached hydrogens (tertiary/aromatic N) is 1. The summed E-state index contributed by atoms with van der Waals surface area (Å²) in [5.41, 5.74) is -0.699. The lowest BCUT2D eigenvalue weighted by molar-refractivity contribution is -0.130. The molecule has 1 amide bonds. The third-order valence-electron chi connectivity index (χ3n) is 4.03. The number of carbonyl (C=O) groups excluding carboxylic acids is 2. The van der Waals surface area contributed by atoms with Gasteiger partial charge in [-0.2, -0.15) is 5.26 Å². The van der Waals surface area contributed by atoms with E-state index in [4.69, 9.17) is 27.9 Å².